The summed E-state index contributed by atoms with van der Waals surface area (Å²) in [6.07, 6.45) is 6.61. The molecular formula is C30H30N2O3S3. The minimum atomic E-state index is -4.25. The van der Waals surface area contributed by atoms with Crippen molar-refractivity contribution in [2.45, 2.75) is 37.6 Å². The lowest BCUT2D eigenvalue weighted by Gasteiger charge is -2.18. The monoisotopic (exact) mass is 562 g/mol. The lowest BCUT2D eigenvalue weighted by molar-refractivity contribution is -0.668. The fourth-order valence-corrected chi connectivity index (χ4v) is 7.56. The second kappa shape index (κ2) is 11.9. The Balaban J connectivity index is 1.54. The molecule has 0 spiro atoms. The molecule has 196 valence electrons. The van der Waals surface area contributed by atoms with E-state index in [0.29, 0.717) is 6.54 Å². The van der Waals surface area contributed by atoms with E-state index < -0.39 is 10.1 Å². The molecule has 1 aromatic heterocycles. The number of anilines is 1. The topological polar surface area (TPSA) is 64.3 Å². The Bertz CT molecular complexity index is 1590. The van der Waals surface area contributed by atoms with Crippen LogP contribution < -0.4 is 9.47 Å². The van der Waals surface area contributed by atoms with Crippen LogP contribution in [-0.4, -0.2) is 25.3 Å². The van der Waals surface area contributed by atoms with Crippen molar-refractivity contribution in [1.29, 1.82) is 0 Å². The average molecular weight is 563 g/mol. The summed E-state index contributed by atoms with van der Waals surface area (Å²) < 4.78 is 37.1. The fourth-order valence-electron chi connectivity index (χ4n) is 4.71. The van der Waals surface area contributed by atoms with Crippen LogP contribution in [0.3, 0.4) is 0 Å². The van der Waals surface area contributed by atoms with E-state index in [9.17, 15) is 13.0 Å². The molecule has 0 bridgehead atoms. The van der Waals surface area contributed by atoms with Gasteiger partial charge in [-0.2, -0.15) is 4.57 Å². The maximum atomic E-state index is 11.3. The average Bonchev–Trinajstić information content (AvgIpc) is 3.44. The lowest BCUT2D eigenvalue weighted by Crippen LogP contribution is -2.36. The standard InChI is InChI=1S/C30H30N2O3S3/c1-2-31-25-13-6-8-15-27(25)36-29(31)21-24(18-17-23-11-4-3-5-12-23)22-30-32(19-10-20-38(33,34)35)26-14-7-9-16-28(26)37-30/h3-9,11-16,21-22H,2,10,17-20H2,1H3. The number of para-hydroxylation sites is 2. The SMILES string of the molecule is CCN1/C(=C/C(=C/c2sc3ccccc3[n+]2CCCS(=O)(=O)[O-])CCc2ccccc2)Sc2ccccc21. The molecule has 2 heterocycles. The summed E-state index contributed by atoms with van der Waals surface area (Å²) in [4.78, 5) is 3.62. The van der Waals surface area contributed by atoms with Gasteiger partial charge in [0.25, 0.3) is 5.01 Å². The van der Waals surface area contributed by atoms with Crippen LogP contribution >= 0.6 is 23.1 Å². The first-order valence-corrected chi connectivity index (χ1v) is 16.0. The number of allylic oxidation sites excluding steroid dienone is 2. The van der Waals surface area contributed by atoms with Gasteiger partial charge >= 0.3 is 0 Å². The van der Waals surface area contributed by atoms with Crippen LogP contribution in [0.4, 0.5) is 5.69 Å². The highest BCUT2D eigenvalue weighted by atomic mass is 32.2. The van der Waals surface area contributed by atoms with E-state index in [0.717, 1.165) is 34.6 Å². The van der Waals surface area contributed by atoms with Crippen LogP contribution in [0.1, 0.15) is 30.3 Å². The first-order valence-electron chi connectivity index (χ1n) is 12.8. The van der Waals surface area contributed by atoms with Gasteiger partial charge in [0.2, 0.25) is 5.52 Å². The maximum Gasteiger partial charge on any atom is 0.263 e. The molecule has 5 nitrogen and oxygen atoms in total. The summed E-state index contributed by atoms with van der Waals surface area (Å²) >= 11 is 3.49. The van der Waals surface area contributed by atoms with Crippen molar-refractivity contribution in [3.63, 3.8) is 0 Å². The highest BCUT2D eigenvalue weighted by Gasteiger charge is 2.24. The van der Waals surface area contributed by atoms with Crippen molar-refractivity contribution >= 4 is 55.2 Å². The van der Waals surface area contributed by atoms with Crippen molar-refractivity contribution < 1.29 is 17.5 Å². The van der Waals surface area contributed by atoms with Crippen molar-refractivity contribution in [3.05, 3.63) is 106 Å². The van der Waals surface area contributed by atoms with E-state index in [4.69, 9.17) is 0 Å². The molecule has 0 fully saturated rings. The van der Waals surface area contributed by atoms with Gasteiger partial charge in [-0.3, -0.25) is 0 Å². The van der Waals surface area contributed by atoms with Crippen molar-refractivity contribution in [3.8, 4) is 0 Å². The van der Waals surface area contributed by atoms with Crippen molar-refractivity contribution in [2.24, 2.45) is 0 Å². The normalized spacial score (nSPS) is 14.9. The number of hydrogen-bond donors (Lipinski definition) is 0. The minimum Gasteiger partial charge on any atom is -0.748 e. The summed E-state index contributed by atoms with van der Waals surface area (Å²) in [5.41, 5.74) is 4.79. The van der Waals surface area contributed by atoms with Gasteiger partial charge in [-0.15, -0.1) is 0 Å². The number of aromatic nitrogens is 1. The summed E-state index contributed by atoms with van der Waals surface area (Å²) in [5.74, 6) is -0.362. The molecule has 0 aliphatic carbocycles. The number of benzene rings is 3. The second-order valence-electron chi connectivity index (χ2n) is 9.18. The summed E-state index contributed by atoms with van der Waals surface area (Å²) in [6, 6.07) is 27.2. The number of thioether (sulfide) groups is 1. The zero-order valence-electron chi connectivity index (χ0n) is 21.2. The third-order valence-corrected chi connectivity index (χ3v) is 9.54. The quantitative estimate of drug-likeness (QED) is 0.161. The molecule has 0 amide bonds. The van der Waals surface area contributed by atoms with Gasteiger partial charge in [-0.1, -0.05) is 77.7 Å². The molecule has 0 saturated heterocycles. The largest absolute Gasteiger partial charge is 0.748 e. The summed E-state index contributed by atoms with van der Waals surface area (Å²) in [7, 11) is -4.25. The molecule has 38 heavy (non-hydrogen) atoms. The van der Waals surface area contributed by atoms with Gasteiger partial charge in [0.15, 0.2) is 6.54 Å². The molecule has 1 aliphatic heterocycles. The van der Waals surface area contributed by atoms with Gasteiger partial charge in [0, 0.05) is 35.8 Å². The Morgan fingerprint density at radius 1 is 1.00 bits per heavy atom. The predicted octanol–water partition coefficient (Wildman–Crippen LogP) is 6.61. The highest BCUT2D eigenvalue weighted by Crippen LogP contribution is 2.46. The summed E-state index contributed by atoms with van der Waals surface area (Å²) in [5, 5.41) is 2.26. The first-order chi connectivity index (χ1) is 18.4. The number of hydrogen-bond acceptors (Lipinski definition) is 6. The van der Waals surface area contributed by atoms with Gasteiger partial charge < -0.3 is 9.45 Å². The third kappa shape index (κ3) is 6.38. The van der Waals surface area contributed by atoms with Crippen LogP contribution in [0.5, 0.6) is 0 Å². The first kappa shape index (κ1) is 26.7. The van der Waals surface area contributed by atoms with Crippen LogP contribution in [0, 0.1) is 0 Å². The number of nitrogens with zero attached hydrogens (tertiary/aromatic N) is 2. The third-order valence-electron chi connectivity index (χ3n) is 6.53. The van der Waals surface area contributed by atoms with Crippen LogP contribution in [0.2, 0.25) is 0 Å². The van der Waals surface area contributed by atoms with Crippen molar-refractivity contribution in [2.75, 3.05) is 17.2 Å². The Kier molecular flexibility index (Phi) is 8.33. The Morgan fingerprint density at radius 3 is 2.53 bits per heavy atom. The van der Waals surface area contributed by atoms with Crippen LogP contribution in [0.15, 0.2) is 100 Å². The van der Waals surface area contributed by atoms with E-state index >= 15 is 0 Å². The molecule has 0 unspecified atom stereocenters. The highest BCUT2D eigenvalue weighted by molar-refractivity contribution is 8.03. The zero-order valence-corrected chi connectivity index (χ0v) is 23.7. The van der Waals surface area contributed by atoms with E-state index in [-0.39, 0.29) is 12.2 Å². The molecule has 1 aliphatic rings. The number of aryl methyl sites for hydroxylation is 2. The molecule has 0 N–H and O–H groups in total. The number of fused-ring (bicyclic) bond motifs is 2. The molecular weight excluding hydrogens is 533 g/mol. The Labute approximate surface area is 232 Å². The lowest BCUT2D eigenvalue weighted by atomic mass is 10.0. The molecule has 0 atom stereocenters. The minimum absolute atomic E-state index is 0.285. The van der Waals surface area contributed by atoms with Gasteiger partial charge in [0.1, 0.15) is 4.70 Å². The fraction of sp³-hybridized carbons (Fsp3) is 0.233. The molecule has 0 radical (unpaired) electrons. The van der Waals surface area contributed by atoms with E-state index in [1.807, 2.05) is 18.2 Å². The van der Waals surface area contributed by atoms with Crippen LogP contribution in [0.25, 0.3) is 16.3 Å². The number of rotatable bonds is 10. The molecule has 0 saturated carbocycles. The molecule has 5 rings (SSSR count). The smallest absolute Gasteiger partial charge is 0.263 e. The van der Waals surface area contributed by atoms with Crippen LogP contribution in [-0.2, 0) is 23.1 Å². The predicted molar refractivity (Wildman–Crippen MR) is 157 cm³/mol. The van der Waals surface area contributed by atoms with Gasteiger partial charge in [-0.05, 0) is 55.2 Å². The molecule has 4 aromatic rings. The van der Waals surface area contributed by atoms with E-state index in [1.165, 1.54) is 26.7 Å². The maximum absolute atomic E-state index is 11.3. The zero-order chi connectivity index (χ0) is 26.5. The second-order valence-corrected chi connectivity index (χ2v) is 12.8. The molecule has 8 heteroatoms. The molecule has 3 aromatic carbocycles. The van der Waals surface area contributed by atoms with Gasteiger partial charge in [-0.25, -0.2) is 8.42 Å². The Morgan fingerprint density at radius 2 is 1.74 bits per heavy atom. The van der Waals surface area contributed by atoms with E-state index in [2.05, 4.69) is 89.2 Å². The van der Waals surface area contributed by atoms with Gasteiger partial charge in [0.05, 0.1) is 20.8 Å². The van der Waals surface area contributed by atoms with E-state index in [1.54, 1.807) is 23.1 Å². The number of thiazole rings is 1. The Hall–Kier alpha value is -2.91. The summed E-state index contributed by atoms with van der Waals surface area (Å²) in [6.45, 7) is 3.53. The van der Waals surface area contributed by atoms with Crippen molar-refractivity contribution in [1.82, 2.24) is 0 Å².